The summed E-state index contributed by atoms with van der Waals surface area (Å²) in [4.78, 5) is 34.4. The molecule has 1 heterocycles. The van der Waals surface area contributed by atoms with Crippen LogP contribution in [-0.4, -0.2) is 28.1 Å². The number of rotatable bonds is 6. The SMILES string of the molecule is CCCCNC(=O)Cn1c(=O)oc2cc(C(=O)O)ccc21. The predicted octanol–water partition coefficient (Wildman–Crippen LogP) is 1.21. The van der Waals surface area contributed by atoms with Crippen LogP contribution in [0.25, 0.3) is 11.1 Å². The van der Waals surface area contributed by atoms with E-state index < -0.39 is 11.7 Å². The Morgan fingerprint density at radius 3 is 2.81 bits per heavy atom. The molecule has 0 fully saturated rings. The lowest BCUT2D eigenvalue weighted by molar-refractivity contribution is -0.121. The van der Waals surface area contributed by atoms with Crippen LogP contribution in [-0.2, 0) is 11.3 Å². The normalized spacial score (nSPS) is 10.7. The largest absolute Gasteiger partial charge is 0.478 e. The summed E-state index contributed by atoms with van der Waals surface area (Å²) in [6, 6.07) is 4.10. The van der Waals surface area contributed by atoms with E-state index >= 15 is 0 Å². The van der Waals surface area contributed by atoms with Crippen molar-refractivity contribution in [3.8, 4) is 0 Å². The van der Waals surface area contributed by atoms with Gasteiger partial charge in [-0.2, -0.15) is 0 Å². The number of hydrogen-bond acceptors (Lipinski definition) is 4. The summed E-state index contributed by atoms with van der Waals surface area (Å²) in [7, 11) is 0. The number of carbonyl (C=O) groups excluding carboxylic acids is 1. The van der Waals surface area contributed by atoms with Gasteiger partial charge in [0, 0.05) is 6.54 Å². The second kappa shape index (κ2) is 6.25. The Bertz CT molecular complexity index is 729. The van der Waals surface area contributed by atoms with Gasteiger partial charge in [0.25, 0.3) is 0 Å². The summed E-state index contributed by atoms with van der Waals surface area (Å²) >= 11 is 0. The third-order valence-electron chi connectivity index (χ3n) is 3.07. The molecule has 2 N–H and O–H groups in total. The highest BCUT2D eigenvalue weighted by Crippen LogP contribution is 2.15. The number of fused-ring (bicyclic) bond motifs is 1. The van der Waals surface area contributed by atoms with Gasteiger partial charge in [-0.05, 0) is 24.6 Å². The highest BCUT2D eigenvalue weighted by Gasteiger charge is 2.14. The van der Waals surface area contributed by atoms with Crippen LogP contribution in [0.5, 0.6) is 0 Å². The Labute approximate surface area is 120 Å². The molecule has 0 unspecified atom stereocenters. The van der Waals surface area contributed by atoms with Crippen molar-refractivity contribution in [2.75, 3.05) is 6.54 Å². The van der Waals surface area contributed by atoms with E-state index in [0.717, 1.165) is 12.8 Å². The van der Waals surface area contributed by atoms with Crippen LogP contribution in [0.2, 0.25) is 0 Å². The summed E-state index contributed by atoms with van der Waals surface area (Å²) in [5, 5.41) is 11.6. The highest BCUT2D eigenvalue weighted by molar-refractivity contribution is 5.92. The fourth-order valence-corrected chi connectivity index (χ4v) is 1.95. The minimum Gasteiger partial charge on any atom is -0.478 e. The lowest BCUT2D eigenvalue weighted by Gasteiger charge is -2.04. The second-order valence-electron chi connectivity index (χ2n) is 4.65. The Morgan fingerprint density at radius 2 is 2.14 bits per heavy atom. The third kappa shape index (κ3) is 3.31. The molecule has 21 heavy (non-hydrogen) atoms. The standard InChI is InChI=1S/C14H16N2O5/c1-2-3-6-15-12(17)8-16-10-5-4-9(13(18)19)7-11(10)21-14(16)20/h4-5,7H,2-3,6,8H2,1H3,(H,15,17)(H,18,19). The molecule has 0 atom stereocenters. The Balaban J connectivity index is 2.24. The van der Waals surface area contributed by atoms with Crippen LogP contribution in [0.3, 0.4) is 0 Å². The summed E-state index contributed by atoms with van der Waals surface area (Å²) in [6.45, 7) is 2.42. The van der Waals surface area contributed by atoms with E-state index in [-0.39, 0.29) is 23.6 Å². The first-order chi connectivity index (χ1) is 10.0. The Hall–Kier alpha value is -2.57. The molecule has 7 heteroatoms. The van der Waals surface area contributed by atoms with Gasteiger partial charge >= 0.3 is 11.7 Å². The van der Waals surface area contributed by atoms with Crippen molar-refractivity contribution in [2.24, 2.45) is 0 Å². The van der Waals surface area contributed by atoms with Crippen molar-refractivity contribution in [1.82, 2.24) is 9.88 Å². The number of hydrogen-bond donors (Lipinski definition) is 2. The van der Waals surface area contributed by atoms with Gasteiger partial charge in [-0.1, -0.05) is 13.3 Å². The molecule has 2 aromatic rings. The number of unbranched alkanes of at least 4 members (excludes halogenated alkanes) is 1. The van der Waals surface area contributed by atoms with Crippen molar-refractivity contribution in [1.29, 1.82) is 0 Å². The maximum absolute atomic E-state index is 11.8. The maximum Gasteiger partial charge on any atom is 0.420 e. The van der Waals surface area contributed by atoms with Gasteiger partial charge in [0.05, 0.1) is 11.1 Å². The van der Waals surface area contributed by atoms with Gasteiger partial charge in [-0.3, -0.25) is 9.36 Å². The van der Waals surface area contributed by atoms with Crippen molar-refractivity contribution >= 4 is 23.0 Å². The number of oxazole rings is 1. The van der Waals surface area contributed by atoms with Crippen molar-refractivity contribution in [2.45, 2.75) is 26.3 Å². The number of aromatic nitrogens is 1. The lowest BCUT2D eigenvalue weighted by Crippen LogP contribution is -2.31. The number of carbonyl (C=O) groups is 2. The highest BCUT2D eigenvalue weighted by atomic mass is 16.4. The molecule has 0 saturated heterocycles. The second-order valence-corrected chi connectivity index (χ2v) is 4.65. The number of carboxylic acids is 1. The molecule has 1 aromatic heterocycles. The third-order valence-corrected chi connectivity index (χ3v) is 3.07. The molecule has 112 valence electrons. The molecule has 1 amide bonds. The van der Waals surface area contributed by atoms with E-state index in [1.165, 1.54) is 22.8 Å². The van der Waals surface area contributed by atoms with E-state index in [4.69, 9.17) is 9.52 Å². The van der Waals surface area contributed by atoms with Crippen LogP contribution in [0.4, 0.5) is 0 Å². The molecule has 0 spiro atoms. The zero-order valence-corrected chi connectivity index (χ0v) is 11.6. The molecule has 0 aliphatic heterocycles. The van der Waals surface area contributed by atoms with Gasteiger partial charge in [0.15, 0.2) is 5.58 Å². The van der Waals surface area contributed by atoms with Gasteiger partial charge in [-0.25, -0.2) is 9.59 Å². The first kappa shape index (κ1) is 14.8. The van der Waals surface area contributed by atoms with E-state index in [9.17, 15) is 14.4 Å². The van der Waals surface area contributed by atoms with Crippen molar-refractivity contribution < 1.29 is 19.1 Å². The molecule has 0 bridgehead atoms. The first-order valence-corrected chi connectivity index (χ1v) is 6.66. The van der Waals surface area contributed by atoms with E-state index in [1.807, 2.05) is 6.92 Å². The molecular weight excluding hydrogens is 276 g/mol. The Kier molecular flexibility index (Phi) is 4.42. The smallest absolute Gasteiger partial charge is 0.420 e. The number of carboxylic acid groups (broad SMARTS) is 1. The van der Waals surface area contributed by atoms with Crippen molar-refractivity contribution in [3.05, 3.63) is 34.3 Å². The molecule has 1 aromatic carbocycles. The fourth-order valence-electron chi connectivity index (χ4n) is 1.95. The average molecular weight is 292 g/mol. The predicted molar refractivity (Wildman–Crippen MR) is 75.4 cm³/mol. The fraction of sp³-hybridized carbons (Fsp3) is 0.357. The summed E-state index contributed by atoms with van der Waals surface area (Å²) < 4.78 is 6.16. The van der Waals surface area contributed by atoms with Crippen LogP contribution in [0, 0.1) is 0 Å². The minimum absolute atomic E-state index is 0.0239. The lowest BCUT2D eigenvalue weighted by atomic mass is 10.2. The summed E-state index contributed by atoms with van der Waals surface area (Å²) in [5.41, 5.74) is 0.577. The van der Waals surface area contributed by atoms with E-state index in [1.54, 1.807) is 0 Å². The van der Waals surface area contributed by atoms with Crippen LogP contribution in [0.1, 0.15) is 30.1 Å². The Morgan fingerprint density at radius 1 is 1.38 bits per heavy atom. The zero-order valence-electron chi connectivity index (χ0n) is 11.6. The number of nitrogens with zero attached hydrogens (tertiary/aromatic N) is 1. The van der Waals surface area contributed by atoms with E-state index in [0.29, 0.717) is 12.1 Å². The number of aromatic carboxylic acids is 1. The molecule has 2 rings (SSSR count). The number of benzene rings is 1. The maximum atomic E-state index is 11.8. The van der Waals surface area contributed by atoms with Gasteiger partial charge in [-0.15, -0.1) is 0 Å². The summed E-state index contributed by atoms with van der Waals surface area (Å²) in [6.07, 6.45) is 1.83. The average Bonchev–Trinajstić information content (AvgIpc) is 2.74. The number of nitrogens with one attached hydrogen (secondary N) is 1. The molecule has 0 radical (unpaired) electrons. The molecule has 0 aliphatic rings. The van der Waals surface area contributed by atoms with Gasteiger partial charge in [0.2, 0.25) is 5.91 Å². The molecule has 7 nitrogen and oxygen atoms in total. The van der Waals surface area contributed by atoms with Crippen LogP contribution in [0.15, 0.2) is 27.4 Å². The van der Waals surface area contributed by atoms with Crippen molar-refractivity contribution in [3.63, 3.8) is 0 Å². The minimum atomic E-state index is -1.11. The monoisotopic (exact) mass is 292 g/mol. The van der Waals surface area contributed by atoms with Gasteiger partial charge < -0.3 is 14.8 Å². The summed E-state index contributed by atoms with van der Waals surface area (Å²) in [5.74, 6) is -2.07. The van der Waals surface area contributed by atoms with E-state index in [2.05, 4.69) is 5.32 Å². The molecule has 0 aliphatic carbocycles. The zero-order chi connectivity index (χ0) is 15.4. The van der Waals surface area contributed by atoms with Gasteiger partial charge in [0.1, 0.15) is 6.54 Å². The quantitative estimate of drug-likeness (QED) is 0.779. The molecular formula is C14H16N2O5. The van der Waals surface area contributed by atoms with Crippen LogP contribution >= 0.6 is 0 Å². The van der Waals surface area contributed by atoms with Crippen LogP contribution < -0.4 is 11.1 Å². The topological polar surface area (TPSA) is 102 Å². The molecule has 0 saturated carbocycles. The first-order valence-electron chi connectivity index (χ1n) is 6.66. The number of amides is 1.